The Morgan fingerprint density at radius 2 is 2.33 bits per heavy atom. The topological polar surface area (TPSA) is 41.1 Å². The predicted molar refractivity (Wildman–Crippen MR) is 76.0 cm³/mol. The summed E-state index contributed by atoms with van der Waals surface area (Å²) >= 11 is 0. The predicted octanol–water partition coefficient (Wildman–Crippen LogP) is 3.42. The lowest BCUT2D eigenvalue weighted by atomic mass is 10.0. The third kappa shape index (κ3) is 3.03. The van der Waals surface area contributed by atoms with Crippen LogP contribution in [0.1, 0.15) is 38.7 Å². The van der Waals surface area contributed by atoms with Crippen LogP contribution < -0.4 is 10.6 Å². The second-order valence-electron chi connectivity index (χ2n) is 5.08. The lowest BCUT2D eigenvalue weighted by Gasteiger charge is -2.19. The van der Waals surface area contributed by atoms with Crippen LogP contribution in [0.4, 0.5) is 11.4 Å². The van der Waals surface area contributed by atoms with Crippen LogP contribution in [0, 0.1) is 5.92 Å². The molecule has 1 atom stereocenters. The van der Waals surface area contributed by atoms with E-state index < -0.39 is 0 Å². The van der Waals surface area contributed by atoms with E-state index in [1.54, 1.807) is 0 Å². The van der Waals surface area contributed by atoms with Crippen LogP contribution >= 0.6 is 0 Å². The van der Waals surface area contributed by atoms with Crippen LogP contribution in [0.25, 0.3) is 0 Å². The van der Waals surface area contributed by atoms with Gasteiger partial charge in [-0.05, 0) is 43.0 Å². The number of hydrogen-bond acceptors (Lipinski definition) is 2. The summed E-state index contributed by atoms with van der Waals surface area (Å²) < 4.78 is 0. The smallest absolute Gasteiger partial charge is 0.227 e. The fourth-order valence-electron chi connectivity index (χ4n) is 2.38. The lowest BCUT2D eigenvalue weighted by Crippen LogP contribution is -2.20. The van der Waals surface area contributed by atoms with E-state index in [1.807, 2.05) is 13.0 Å². The number of aryl methyl sites for hydroxylation is 1. The molecule has 98 valence electrons. The number of amides is 1. The van der Waals surface area contributed by atoms with Gasteiger partial charge in [0.1, 0.15) is 0 Å². The molecule has 3 heteroatoms. The largest absolute Gasteiger partial charge is 0.385 e. The van der Waals surface area contributed by atoms with Gasteiger partial charge in [-0.2, -0.15) is 0 Å². The summed E-state index contributed by atoms with van der Waals surface area (Å²) in [6.07, 6.45) is 4.24. The maximum atomic E-state index is 11.9. The third-order valence-electron chi connectivity index (χ3n) is 3.48. The number of carbonyl (C=O) groups is 1. The van der Waals surface area contributed by atoms with Crippen molar-refractivity contribution < 1.29 is 4.79 Å². The Bertz CT molecular complexity index is 429. The molecule has 2 N–H and O–H groups in total. The van der Waals surface area contributed by atoms with Crippen molar-refractivity contribution in [2.45, 2.75) is 39.5 Å². The van der Waals surface area contributed by atoms with Gasteiger partial charge >= 0.3 is 0 Å². The average Bonchev–Trinajstić information content (AvgIpc) is 2.39. The molecule has 1 aromatic rings. The highest BCUT2D eigenvalue weighted by Crippen LogP contribution is 2.25. The van der Waals surface area contributed by atoms with E-state index >= 15 is 0 Å². The molecule has 0 aliphatic carbocycles. The number of hydrogen-bond donors (Lipinski definition) is 2. The number of anilines is 2. The SMILES string of the molecule is CCCC(C)C(=O)Nc1ccc2c(c1)CCCN2. The molecule has 1 aliphatic rings. The normalized spacial score (nSPS) is 15.4. The van der Waals surface area contributed by atoms with E-state index in [4.69, 9.17) is 0 Å². The summed E-state index contributed by atoms with van der Waals surface area (Å²) in [5.41, 5.74) is 3.44. The lowest BCUT2D eigenvalue weighted by molar-refractivity contribution is -0.119. The molecule has 18 heavy (non-hydrogen) atoms. The number of fused-ring (bicyclic) bond motifs is 1. The van der Waals surface area contributed by atoms with Crippen molar-refractivity contribution in [3.63, 3.8) is 0 Å². The second kappa shape index (κ2) is 5.89. The summed E-state index contributed by atoms with van der Waals surface area (Å²) in [6, 6.07) is 6.14. The van der Waals surface area contributed by atoms with E-state index in [9.17, 15) is 4.79 Å². The van der Waals surface area contributed by atoms with Crippen molar-refractivity contribution in [1.82, 2.24) is 0 Å². The molecule has 0 aromatic heterocycles. The summed E-state index contributed by atoms with van der Waals surface area (Å²) in [5, 5.41) is 6.38. The van der Waals surface area contributed by atoms with Gasteiger partial charge in [0.25, 0.3) is 0 Å². The fraction of sp³-hybridized carbons (Fsp3) is 0.533. The van der Waals surface area contributed by atoms with Crippen LogP contribution in [0.2, 0.25) is 0 Å². The van der Waals surface area contributed by atoms with E-state index in [2.05, 4.69) is 29.7 Å². The van der Waals surface area contributed by atoms with Crippen LogP contribution in [0.3, 0.4) is 0 Å². The van der Waals surface area contributed by atoms with Gasteiger partial charge in [0.05, 0.1) is 0 Å². The standard InChI is InChI=1S/C15H22N2O/c1-3-5-11(2)15(18)17-13-7-8-14-12(10-13)6-4-9-16-14/h7-8,10-11,16H,3-6,9H2,1-2H3,(H,17,18). The Balaban J connectivity index is 2.03. The van der Waals surface area contributed by atoms with Crippen molar-refractivity contribution in [2.24, 2.45) is 5.92 Å². The summed E-state index contributed by atoms with van der Waals surface area (Å²) in [6.45, 7) is 5.14. The Labute approximate surface area is 109 Å². The maximum absolute atomic E-state index is 11.9. The first-order valence-electron chi connectivity index (χ1n) is 6.88. The Morgan fingerprint density at radius 1 is 1.50 bits per heavy atom. The molecular weight excluding hydrogens is 224 g/mol. The Hall–Kier alpha value is -1.51. The van der Waals surface area contributed by atoms with Gasteiger partial charge in [-0.3, -0.25) is 4.79 Å². The number of rotatable bonds is 4. The van der Waals surface area contributed by atoms with Crippen LogP contribution in [-0.2, 0) is 11.2 Å². The van der Waals surface area contributed by atoms with Gasteiger partial charge in [0, 0.05) is 23.8 Å². The molecule has 2 rings (SSSR count). The highest BCUT2D eigenvalue weighted by molar-refractivity contribution is 5.92. The van der Waals surface area contributed by atoms with E-state index in [0.29, 0.717) is 0 Å². The van der Waals surface area contributed by atoms with Gasteiger partial charge < -0.3 is 10.6 Å². The molecule has 0 fully saturated rings. The average molecular weight is 246 g/mol. The van der Waals surface area contributed by atoms with Crippen molar-refractivity contribution in [3.05, 3.63) is 23.8 Å². The first-order valence-corrected chi connectivity index (χ1v) is 6.88. The molecule has 0 saturated heterocycles. The minimum atomic E-state index is 0.0872. The van der Waals surface area contributed by atoms with Crippen LogP contribution in [0.15, 0.2) is 18.2 Å². The molecule has 3 nitrogen and oxygen atoms in total. The highest BCUT2D eigenvalue weighted by atomic mass is 16.1. The Kier molecular flexibility index (Phi) is 4.24. The molecular formula is C15H22N2O. The zero-order valence-electron chi connectivity index (χ0n) is 11.3. The molecule has 0 spiro atoms. The van der Waals surface area contributed by atoms with Gasteiger partial charge in [-0.1, -0.05) is 20.3 Å². The number of benzene rings is 1. The van der Waals surface area contributed by atoms with Crippen molar-refractivity contribution in [2.75, 3.05) is 17.2 Å². The van der Waals surface area contributed by atoms with Gasteiger partial charge in [-0.15, -0.1) is 0 Å². The molecule has 1 amide bonds. The zero-order valence-corrected chi connectivity index (χ0v) is 11.3. The number of carbonyl (C=O) groups excluding carboxylic acids is 1. The molecule has 1 aliphatic heterocycles. The first-order chi connectivity index (χ1) is 8.70. The molecule has 0 bridgehead atoms. The maximum Gasteiger partial charge on any atom is 0.227 e. The zero-order chi connectivity index (χ0) is 13.0. The fourth-order valence-corrected chi connectivity index (χ4v) is 2.38. The van der Waals surface area contributed by atoms with Gasteiger partial charge in [0.2, 0.25) is 5.91 Å². The summed E-state index contributed by atoms with van der Waals surface area (Å²) in [4.78, 5) is 11.9. The van der Waals surface area contributed by atoms with Crippen molar-refractivity contribution >= 4 is 17.3 Å². The quantitative estimate of drug-likeness (QED) is 0.854. The second-order valence-corrected chi connectivity index (χ2v) is 5.08. The minimum Gasteiger partial charge on any atom is -0.385 e. The van der Waals surface area contributed by atoms with Crippen LogP contribution in [-0.4, -0.2) is 12.5 Å². The molecule has 1 heterocycles. The molecule has 1 unspecified atom stereocenters. The van der Waals surface area contributed by atoms with Gasteiger partial charge in [-0.25, -0.2) is 0 Å². The molecule has 0 saturated carbocycles. The van der Waals surface area contributed by atoms with E-state index in [1.165, 1.54) is 11.3 Å². The summed E-state index contributed by atoms with van der Waals surface area (Å²) in [5.74, 6) is 0.213. The van der Waals surface area contributed by atoms with E-state index in [0.717, 1.165) is 37.9 Å². The van der Waals surface area contributed by atoms with E-state index in [-0.39, 0.29) is 11.8 Å². The van der Waals surface area contributed by atoms with Crippen LogP contribution in [0.5, 0.6) is 0 Å². The molecule has 0 radical (unpaired) electrons. The monoisotopic (exact) mass is 246 g/mol. The molecule has 1 aromatic carbocycles. The van der Waals surface area contributed by atoms with Gasteiger partial charge in [0.15, 0.2) is 0 Å². The van der Waals surface area contributed by atoms with Crippen molar-refractivity contribution in [3.8, 4) is 0 Å². The minimum absolute atomic E-state index is 0.0872. The Morgan fingerprint density at radius 3 is 3.11 bits per heavy atom. The first kappa shape index (κ1) is 12.9. The summed E-state index contributed by atoms with van der Waals surface area (Å²) in [7, 11) is 0. The highest BCUT2D eigenvalue weighted by Gasteiger charge is 2.13. The number of nitrogens with one attached hydrogen (secondary N) is 2. The third-order valence-corrected chi connectivity index (χ3v) is 3.48. The van der Waals surface area contributed by atoms with Crippen molar-refractivity contribution in [1.29, 1.82) is 0 Å².